The zero-order valence-corrected chi connectivity index (χ0v) is 22.7. The summed E-state index contributed by atoms with van der Waals surface area (Å²) < 4.78 is 33.2. The average Bonchev–Trinajstić information content (AvgIpc) is 2.73. The zero-order valence-electron chi connectivity index (χ0n) is 20.7. The monoisotopic (exact) mass is 482 g/mol. The number of hydrogen-bond donors (Lipinski definition) is 3. The first-order chi connectivity index (χ1) is 14.7. The molecule has 2 rings (SSSR count). The fourth-order valence-corrected chi connectivity index (χ4v) is 3.43. The SMILES string of the molecule is CCC.CCc1nc(/C(N)=C(\C=O)NC)ccc1N1C[C@@H](CC(=O)OC)CC(F)(F)C1.N.[HH].[Na]. The van der Waals surface area contributed by atoms with Gasteiger partial charge in [-0.25, -0.2) is 13.8 Å². The van der Waals surface area contributed by atoms with Crippen molar-refractivity contribution < 1.29 is 24.5 Å². The van der Waals surface area contributed by atoms with Crippen molar-refractivity contribution in [3.63, 3.8) is 0 Å². The summed E-state index contributed by atoms with van der Waals surface area (Å²) in [7, 11) is 2.82. The summed E-state index contributed by atoms with van der Waals surface area (Å²) in [5, 5.41) is 2.70. The van der Waals surface area contributed by atoms with Crippen LogP contribution in [-0.2, 0) is 20.7 Å². The fraction of sp³-hybridized carbons (Fsp3) is 0.591. The molecule has 1 atom stereocenters. The Morgan fingerprint density at radius 3 is 2.48 bits per heavy atom. The molecule has 0 saturated carbocycles. The van der Waals surface area contributed by atoms with E-state index >= 15 is 0 Å². The van der Waals surface area contributed by atoms with Gasteiger partial charge in [-0.2, -0.15) is 0 Å². The summed E-state index contributed by atoms with van der Waals surface area (Å²) in [6, 6.07) is 3.29. The molecule has 0 unspecified atom stereocenters. The van der Waals surface area contributed by atoms with Crippen LogP contribution in [0.2, 0.25) is 0 Å². The molecule has 1 saturated heterocycles. The van der Waals surface area contributed by atoms with E-state index in [1.165, 1.54) is 13.5 Å². The Balaban J connectivity index is -0.00000152. The number of nitrogens with two attached hydrogens (primary N) is 1. The normalized spacial score (nSPS) is 17.2. The number of aromatic nitrogens is 1. The van der Waals surface area contributed by atoms with Gasteiger partial charge in [0.2, 0.25) is 0 Å². The van der Waals surface area contributed by atoms with Gasteiger partial charge in [0, 0.05) is 51.0 Å². The standard InChI is InChI=1S/C19H26F2N4O3.C3H8.H3N.Na.H2/c1-4-13-16(6-5-14(24-13)18(22)15(10-26)23-2)25-9-12(7-17(27)28-3)8-19(20,21)11-25;1-3-2;;;/h5-6,10,12,23H,4,7-9,11,22H2,1-3H3;3H2,1-2H3;1H3;;1H/b18-15-;;;;/t12-;;;;/m0..../s1. The Labute approximate surface area is 219 Å². The van der Waals surface area contributed by atoms with E-state index in [2.05, 4.69) is 28.9 Å². The second-order valence-corrected chi connectivity index (χ2v) is 7.51. The maximum absolute atomic E-state index is 14.3. The van der Waals surface area contributed by atoms with Gasteiger partial charge in [-0.05, 0) is 24.5 Å². The molecule has 6 N–H and O–H groups in total. The Morgan fingerprint density at radius 2 is 2.00 bits per heavy atom. The number of ether oxygens (including phenoxy) is 1. The molecule has 1 radical (unpaired) electrons. The Bertz CT molecular complexity index is 800. The number of alkyl halides is 2. The molecule has 11 heteroatoms. The van der Waals surface area contributed by atoms with Crippen molar-refractivity contribution in [2.45, 2.75) is 52.4 Å². The number of pyridine rings is 1. The van der Waals surface area contributed by atoms with Crippen molar-refractivity contribution in [1.29, 1.82) is 0 Å². The minimum Gasteiger partial charge on any atom is -0.469 e. The van der Waals surface area contributed by atoms with E-state index in [-0.39, 0.29) is 61.4 Å². The quantitative estimate of drug-likeness (QED) is 0.234. The number of piperidine rings is 1. The van der Waals surface area contributed by atoms with Gasteiger partial charge in [-0.15, -0.1) is 0 Å². The summed E-state index contributed by atoms with van der Waals surface area (Å²) in [5.74, 6) is -3.94. The van der Waals surface area contributed by atoms with Crippen molar-refractivity contribution in [1.82, 2.24) is 16.5 Å². The summed E-state index contributed by atoms with van der Waals surface area (Å²) >= 11 is 0. The number of allylic oxidation sites excluding steroid dienone is 1. The van der Waals surface area contributed by atoms with Crippen LogP contribution < -0.4 is 22.1 Å². The van der Waals surface area contributed by atoms with E-state index in [9.17, 15) is 18.4 Å². The third kappa shape index (κ3) is 9.95. The van der Waals surface area contributed by atoms with Crippen LogP contribution in [0.5, 0.6) is 0 Å². The van der Waals surface area contributed by atoms with Gasteiger partial charge in [0.1, 0.15) is 0 Å². The molecule has 1 fully saturated rings. The number of methoxy groups -OCH3 is 1. The second kappa shape index (κ2) is 16.0. The molecule has 0 bridgehead atoms. The maximum atomic E-state index is 14.3. The predicted molar refractivity (Wildman–Crippen MR) is 131 cm³/mol. The molecule has 0 aliphatic carbocycles. The van der Waals surface area contributed by atoms with Gasteiger partial charge in [-0.1, -0.05) is 27.2 Å². The predicted octanol–water partition coefficient (Wildman–Crippen LogP) is 3.16. The van der Waals surface area contributed by atoms with E-state index in [0.717, 1.165) is 0 Å². The van der Waals surface area contributed by atoms with Crippen LogP contribution in [0.15, 0.2) is 17.8 Å². The van der Waals surface area contributed by atoms with Crippen LogP contribution in [-0.4, -0.2) is 80.0 Å². The van der Waals surface area contributed by atoms with Crippen molar-refractivity contribution >= 4 is 53.2 Å². The topological polar surface area (TPSA) is 133 Å². The summed E-state index contributed by atoms with van der Waals surface area (Å²) in [6.45, 7) is 5.97. The van der Waals surface area contributed by atoms with Crippen LogP contribution >= 0.6 is 0 Å². The van der Waals surface area contributed by atoms with E-state index in [0.29, 0.717) is 36.3 Å². The number of nitrogens with one attached hydrogen (secondary N) is 1. The Kier molecular flexibility index (Phi) is 16.2. The molecule has 2 heterocycles. The van der Waals surface area contributed by atoms with Crippen molar-refractivity contribution in [3.8, 4) is 0 Å². The number of esters is 1. The molecule has 33 heavy (non-hydrogen) atoms. The molecule has 0 spiro atoms. The maximum Gasteiger partial charge on any atom is 0.305 e. The van der Waals surface area contributed by atoms with Crippen LogP contribution in [0.4, 0.5) is 14.5 Å². The number of rotatable bonds is 7. The van der Waals surface area contributed by atoms with Crippen LogP contribution in [0.25, 0.3) is 5.70 Å². The number of nitrogens with zero attached hydrogens (tertiary/aromatic N) is 2. The number of aldehydes is 1. The van der Waals surface area contributed by atoms with Gasteiger partial charge >= 0.3 is 5.97 Å². The molecule has 1 aliphatic heterocycles. The van der Waals surface area contributed by atoms with Crippen molar-refractivity contribution in [2.75, 3.05) is 32.1 Å². The first kappa shape index (κ1) is 33.4. The number of anilines is 1. The summed E-state index contributed by atoms with van der Waals surface area (Å²) in [5.41, 5.74) is 7.94. The Hall–Kier alpha value is -1.75. The van der Waals surface area contributed by atoms with Crippen LogP contribution in [0.1, 0.15) is 52.8 Å². The van der Waals surface area contributed by atoms with Crippen molar-refractivity contribution in [2.24, 2.45) is 11.7 Å². The van der Waals surface area contributed by atoms with Crippen LogP contribution in [0, 0.1) is 5.92 Å². The second-order valence-electron chi connectivity index (χ2n) is 7.51. The van der Waals surface area contributed by atoms with Gasteiger partial charge in [0.25, 0.3) is 5.92 Å². The molecular weight excluding hydrogens is 443 g/mol. The number of halogens is 2. The molecule has 185 valence electrons. The first-order valence-corrected chi connectivity index (χ1v) is 10.5. The molecular formula is C22H39F2N5NaO3. The molecule has 0 aromatic carbocycles. The van der Waals surface area contributed by atoms with Gasteiger partial charge in [0.15, 0.2) is 6.29 Å². The number of likely N-dealkylation sites (N-methyl/N-ethyl adjacent to an activating group) is 1. The molecule has 1 aromatic heterocycles. The molecule has 1 aromatic rings. The van der Waals surface area contributed by atoms with Gasteiger partial charge in [0.05, 0.1) is 48.5 Å². The largest absolute Gasteiger partial charge is 0.469 e. The average molecular weight is 483 g/mol. The molecule has 8 nitrogen and oxygen atoms in total. The zero-order chi connectivity index (χ0) is 23.6. The fourth-order valence-electron chi connectivity index (χ4n) is 3.43. The number of carbonyl (C=O) groups excluding carboxylic acids is 2. The number of hydrogen-bond acceptors (Lipinski definition) is 8. The third-order valence-corrected chi connectivity index (χ3v) is 4.75. The minimum atomic E-state index is -2.92. The van der Waals surface area contributed by atoms with Crippen LogP contribution in [0.3, 0.4) is 0 Å². The van der Waals surface area contributed by atoms with E-state index in [4.69, 9.17) is 5.73 Å². The molecule has 1 aliphatic rings. The number of aryl methyl sites for hydroxylation is 1. The van der Waals surface area contributed by atoms with Crippen molar-refractivity contribution in [3.05, 3.63) is 29.2 Å². The smallest absolute Gasteiger partial charge is 0.305 e. The van der Waals surface area contributed by atoms with Gasteiger partial charge < -0.3 is 26.8 Å². The van der Waals surface area contributed by atoms with E-state index in [1.54, 1.807) is 24.1 Å². The first-order valence-electron chi connectivity index (χ1n) is 10.5. The minimum absolute atomic E-state index is 0. The molecule has 0 amide bonds. The Morgan fingerprint density at radius 1 is 1.39 bits per heavy atom. The van der Waals surface area contributed by atoms with E-state index in [1.807, 2.05) is 6.92 Å². The summed E-state index contributed by atoms with van der Waals surface area (Å²) in [4.78, 5) is 28.7. The number of carbonyl (C=O) groups is 2. The van der Waals surface area contributed by atoms with E-state index < -0.39 is 24.4 Å². The third-order valence-electron chi connectivity index (χ3n) is 4.75. The van der Waals surface area contributed by atoms with Gasteiger partial charge in [-0.3, -0.25) is 9.59 Å². The summed E-state index contributed by atoms with van der Waals surface area (Å²) in [6.07, 6.45) is 1.93.